The highest BCUT2D eigenvalue weighted by atomic mass is 32.2. The van der Waals surface area contributed by atoms with E-state index in [2.05, 4.69) is 40.1 Å². The summed E-state index contributed by atoms with van der Waals surface area (Å²) in [5.74, 6) is 1.93. The lowest BCUT2D eigenvalue weighted by Crippen LogP contribution is -2.46. The number of amides is 1. The Morgan fingerprint density at radius 2 is 1.54 bits per heavy atom. The van der Waals surface area contributed by atoms with Crippen LogP contribution in [0.15, 0.2) is 82.6 Å². The fourth-order valence-corrected chi connectivity index (χ4v) is 5.61. The van der Waals surface area contributed by atoms with Gasteiger partial charge in [-0.2, -0.15) is 0 Å². The molecule has 1 aliphatic rings. The Balaban J connectivity index is 1.22. The number of benzene rings is 3. The molecule has 0 aromatic heterocycles. The van der Waals surface area contributed by atoms with Gasteiger partial charge in [-0.05, 0) is 61.0 Å². The third-order valence-corrected chi connectivity index (χ3v) is 7.95. The summed E-state index contributed by atoms with van der Waals surface area (Å²) in [6.45, 7) is 5.59. The van der Waals surface area contributed by atoms with Gasteiger partial charge in [-0.25, -0.2) is 0 Å². The van der Waals surface area contributed by atoms with Crippen molar-refractivity contribution in [1.82, 2.24) is 9.80 Å². The van der Waals surface area contributed by atoms with Crippen molar-refractivity contribution in [3.63, 3.8) is 0 Å². The van der Waals surface area contributed by atoms with E-state index in [9.17, 15) is 4.79 Å². The molecule has 0 unspecified atom stereocenters. The minimum Gasteiger partial charge on any atom is -0.497 e. The molecule has 0 radical (unpaired) electrons. The Kier molecular flexibility index (Phi) is 9.74. The van der Waals surface area contributed by atoms with Gasteiger partial charge in [0.1, 0.15) is 11.5 Å². The van der Waals surface area contributed by atoms with E-state index in [1.807, 2.05) is 54.4 Å². The Labute approximate surface area is 225 Å². The summed E-state index contributed by atoms with van der Waals surface area (Å²) in [6, 6.07) is 24.6. The summed E-state index contributed by atoms with van der Waals surface area (Å²) in [6.07, 6.45) is 1.44. The molecule has 0 bridgehead atoms. The van der Waals surface area contributed by atoms with Crippen molar-refractivity contribution in [2.24, 2.45) is 0 Å². The molecule has 37 heavy (non-hydrogen) atoms. The third kappa shape index (κ3) is 7.43. The average molecular weight is 520 g/mol. The molecule has 6 nitrogen and oxygen atoms in total. The van der Waals surface area contributed by atoms with Gasteiger partial charge in [0.25, 0.3) is 0 Å². The number of ether oxygens (including phenoxy) is 2. The molecule has 1 saturated heterocycles. The van der Waals surface area contributed by atoms with Crippen LogP contribution in [0.4, 0.5) is 5.69 Å². The van der Waals surface area contributed by atoms with Gasteiger partial charge < -0.3 is 19.3 Å². The summed E-state index contributed by atoms with van der Waals surface area (Å²) in [5.41, 5.74) is 2.38. The van der Waals surface area contributed by atoms with Gasteiger partial charge >= 0.3 is 0 Å². The number of para-hydroxylation sites is 1. The molecule has 1 aliphatic heterocycles. The maximum absolute atomic E-state index is 12.9. The van der Waals surface area contributed by atoms with Crippen LogP contribution in [0, 0.1) is 0 Å². The molecule has 1 amide bonds. The van der Waals surface area contributed by atoms with Gasteiger partial charge in [-0.15, -0.1) is 0 Å². The largest absolute Gasteiger partial charge is 0.497 e. The Morgan fingerprint density at radius 3 is 2.24 bits per heavy atom. The molecule has 0 spiro atoms. The van der Waals surface area contributed by atoms with Gasteiger partial charge in [0.15, 0.2) is 0 Å². The second kappa shape index (κ2) is 13.4. The summed E-state index contributed by atoms with van der Waals surface area (Å²) in [5, 5.41) is 0. The third-order valence-electron chi connectivity index (χ3n) is 6.77. The molecule has 3 aromatic rings. The minimum absolute atomic E-state index is 0.189. The zero-order chi connectivity index (χ0) is 26.0. The molecule has 1 fully saturated rings. The van der Waals surface area contributed by atoms with Crippen LogP contribution >= 0.6 is 11.8 Å². The zero-order valence-corrected chi connectivity index (χ0v) is 22.9. The van der Waals surface area contributed by atoms with Gasteiger partial charge in [0, 0.05) is 56.8 Å². The maximum atomic E-state index is 12.9. The smallest absolute Gasteiger partial charge is 0.222 e. The van der Waals surface area contributed by atoms with E-state index >= 15 is 0 Å². The van der Waals surface area contributed by atoms with Crippen LogP contribution in [0.1, 0.15) is 18.4 Å². The van der Waals surface area contributed by atoms with Gasteiger partial charge in [-0.1, -0.05) is 42.1 Å². The Morgan fingerprint density at radius 1 is 0.865 bits per heavy atom. The van der Waals surface area contributed by atoms with Crippen LogP contribution in [0.2, 0.25) is 0 Å². The first-order valence-electron chi connectivity index (χ1n) is 12.8. The van der Waals surface area contributed by atoms with E-state index in [0.29, 0.717) is 13.0 Å². The fourth-order valence-electron chi connectivity index (χ4n) is 4.57. The van der Waals surface area contributed by atoms with E-state index in [4.69, 9.17) is 9.47 Å². The highest BCUT2D eigenvalue weighted by Crippen LogP contribution is 2.36. The summed E-state index contributed by atoms with van der Waals surface area (Å²) in [4.78, 5) is 21.8. The molecule has 0 aliphatic carbocycles. The summed E-state index contributed by atoms with van der Waals surface area (Å²) in [7, 11) is 5.29. The lowest BCUT2D eigenvalue weighted by molar-refractivity contribution is -0.130. The zero-order valence-electron chi connectivity index (χ0n) is 22.1. The summed E-state index contributed by atoms with van der Waals surface area (Å²) >= 11 is 1.68. The quantitative estimate of drug-likeness (QED) is 0.337. The van der Waals surface area contributed by atoms with Crippen LogP contribution in [0.5, 0.6) is 11.5 Å². The number of hydrogen-bond acceptors (Lipinski definition) is 6. The SMILES string of the molecule is COc1ccc(N2CCN(CCCC(=O)N(C)Cc3ccccc3Sc3ccccc3OC)CC2)cc1. The van der Waals surface area contributed by atoms with Crippen LogP contribution in [-0.2, 0) is 11.3 Å². The number of carbonyl (C=O) groups is 1. The lowest BCUT2D eigenvalue weighted by atomic mass is 10.2. The van der Waals surface area contributed by atoms with Gasteiger partial charge in [-0.3, -0.25) is 9.69 Å². The van der Waals surface area contributed by atoms with Gasteiger partial charge in [0.2, 0.25) is 5.91 Å². The molecule has 0 saturated carbocycles. The van der Waals surface area contributed by atoms with Crippen molar-refractivity contribution in [3.05, 3.63) is 78.4 Å². The molecule has 0 N–H and O–H groups in total. The van der Waals surface area contributed by atoms with E-state index in [-0.39, 0.29) is 5.91 Å². The lowest BCUT2D eigenvalue weighted by Gasteiger charge is -2.36. The summed E-state index contributed by atoms with van der Waals surface area (Å²) < 4.78 is 10.8. The molecule has 3 aromatic carbocycles. The molecule has 1 heterocycles. The number of hydrogen-bond donors (Lipinski definition) is 0. The van der Waals surface area contributed by atoms with Gasteiger partial charge in [0.05, 0.1) is 19.1 Å². The normalized spacial score (nSPS) is 13.9. The minimum atomic E-state index is 0.189. The van der Waals surface area contributed by atoms with Crippen molar-refractivity contribution in [2.45, 2.75) is 29.2 Å². The van der Waals surface area contributed by atoms with E-state index in [0.717, 1.165) is 66.0 Å². The van der Waals surface area contributed by atoms with Crippen molar-refractivity contribution >= 4 is 23.4 Å². The highest BCUT2D eigenvalue weighted by molar-refractivity contribution is 7.99. The highest BCUT2D eigenvalue weighted by Gasteiger charge is 2.18. The first-order chi connectivity index (χ1) is 18.1. The topological polar surface area (TPSA) is 45.2 Å². The maximum Gasteiger partial charge on any atom is 0.222 e. The molecular weight excluding hydrogens is 482 g/mol. The number of carbonyl (C=O) groups excluding carboxylic acids is 1. The predicted octanol–water partition coefficient (Wildman–Crippen LogP) is 5.42. The van der Waals surface area contributed by atoms with Crippen LogP contribution < -0.4 is 14.4 Å². The molecule has 7 heteroatoms. The Bertz CT molecular complexity index is 1150. The van der Waals surface area contributed by atoms with Crippen molar-refractivity contribution < 1.29 is 14.3 Å². The fraction of sp³-hybridized carbons (Fsp3) is 0.367. The van der Waals surface area contributed by atoms with Crippen molar-refractivity contribution in [1.29, 1.82) is 0 Å². The second-order valence-electron chi connectivity index (χ2n) is 9.24. The first-order valence-corrected chi connectivity index (χ1v) is 13.6. The molecule has 4 rings (SSSR count). The van der Waals surface area contributed by atoms with Crippen molar-refractivity contribution in [2.75, 3.05) is 58.9 Å². The predicted molar refractivity (Wildman–Crippen MR) is 151 cm³/mol. The molecule has 196 valence electrons. The van der Waals surface area contributed by atoms with Crippen LogP contribution in [0.3, 0.4) is 0 Å². The monoisotopic (exact) mass is 519 g/mol. The number of rotatable bonds is 11. The van der Waals surface area contributed by atoms with E-state index in [1.54, 1.807) is 26.0 Å². The second-order valence-corrected chi connectivity index (χ2v) is 10.3. The van der Waals surface area contributed by atoms with Crippen LogP contribution in [-0.4, -0.2) is 69.7 Å². The first kappa shape index (κ1) is 26.9. The molecule has 0 atom stereocenters. The van der Waals surface area contributed by atoms with E-state index < -0.39 is 0 Å². The number of methoxy groups -OCH3 is 2. The Hall–Kier alpha value is -3.16. The van der Waals surface area contributed by atoms with E-state index in [1.165, 1.54) is 5.69 Å². The van der Waals surface area contributed by atoms with Crippen LogP contribution in [0.25, 0.3) is 0 Å². The molecular formula is C30H37N3O3S. The number of anilines is 1. The standard InChI is InChI=1S/C30H37N3O3S/c1-31(23-24-9-4-6-11-28(24)37-29-12-7-5-10-27(29)36-3)30(34)13-8-18-32-19-21-33(22-20-32)25-14-16-26(35-2)17-15-25/h4-7,9-12,14-17H,8,13,18-23H2,1-3H3. The van der Waals surface area contributed by atoms with Crippen molar-refractivity contribution in [3.8, 4) is 11.5 Å². The number of nitrogens with zero attached hydrogens (tertiary/aromatic N) is 3. The number of piperazine rings is 1. The average Bonchev–Trinajstić information content (AvgIpc) is 2.94.